The molecule has 0 saturated carbocycles. The number of benzene rings is 11. The standard InChI is InChI=1S/C72H53N3/c1-53-51-63(61-35-46-70(47-36-61)75(66-25-15-6-16-26-66)68-42-31-59(32-43-68)56-21-11-4-12-22-56)49-50-73(64-38-27-57(28-39-64)54-17-7-2-8-18-54)72-48-37-62(52-71(53)72)60-33-44-69(45-34-60)74(65-23-13-5-14-24-65)67-40-29-58(30-41-67)55-19-9-3-10-20-55/h2-52H,1H2/b50-49-,63-51+. The Balaban J connectivity index is 0.890. The van der Waals surface area contributed by atoms with Crippen molar-refractivity contribution < 1.29 is 0 Å². The van der Waals surface area contributed by atoms with Gasteiger partial charge in [-0.15, -0.1) is 0 Å². The number of para-hydroxylation sites is 2. The Morgan fingerprint density at radius 1 is 0.280 bits per heavy atom. The maximum Gasteiger partial charge on any atom is 0.0534 e. The quantitative estimate of drug-likeness (QED) is 0.121. The average molecular weight is 960 g/mol. The van der Waals surface area contributed by atoms with Crippen molar-refractivity contribution in [1.82, 2.24) is 0 Å². The van der Waals surface area contributed by atoms with Crippen LogP contribution in [0.4, 0.5) is 45.5 Å². The van der Waals surface area contributed by atoms with Gasteiger partial charge in [-0.2, -0.15) is 0 Å². The lowest BCUT2D eigenvalue weighted by molar-refractivity contribution is 1.27. The van der Waals surface area contributed by atoms with E-state index in [1.807, 2.05) is 0 Å². The second-order valence-corrected chi connectivity index (χ2v) is 18.7. The first-order valence-electron chi connectivity index (χ1n) is 25.5. The molecule has 0 bridgehead atoms. The fraction of sp³-hybridized carbons (Fsp3) is 0. The highest BCUT2D eigenvalue weighted by atomic mass is 15.1. The van der Waals surface area contributed by atoms with Crippen molar-refractivity contribution in [2.24, 2.45) is 0 Å². The molecular weight excluding hydrogens is 907 g/mol. The van der Waals surface area contributed by atoms with Crippen molar-refractivity contribution in [2.45, 2.75) is 0 Å². The summed E-state index contributed by atoms with van der Waals surface area (Å²) in [4.78, 5) is 6.92. The van der Waals surface area contributed by atoms with E-state index in [4.69, 9.17) is 6.58 Å². The topological polar surface area (TPSA) is 9.72 Å². The van der Waals surface area contributed by atoms with Crippen LogP contribution in [0.3, 0.4) is 0 Å². The van der Waals surface area contributed by atoms with Crippen molar-refractivity contribution in [3.8, 4) is 44.5 Å². The number of fused-ring (bicyclic) bond motifs is 1. The zero-order valence-electron chi connectivity index (χ0n) is 41.5. The van der Waals surface area contributed by atoms with Crippen LogP contribution < -0.4 is 14.7 Å². The third-order valence-electron chi connectivity index (χ3n) is 14.0. The molecule has 12 rings (SSSR count). The molecule has 11 aromatic rings. The van der Waals surface area contributed by atoms with Gasteiger partial charge in [-0.3, -0.25) is 0 Å². The lowest BCUT2D eigenvalue weighted by Gasteiger charge is -2.27. The molecule has 1 aliphatic heterocycles. The Bertz CT molecular complexity index is 3760. The molecule has 0 saturated heterocycles. The van der Waals surface area contributed by atoms with E-state index in [1.54, 1.807) is 0 Å². The zero-order chi connectivity index (χ0) is 50.3. The number of allylic oxidation sites excluding steroid dienone is 4. The van der Waals surface area contributed by atoms with Gasteiger partial charge in [-0.05, 0) is 170 Å². The Morgan fingerprint density at radius 3 is 0.987 bits per heavy atom. The molecule has 3 heteroatoms. The highest BCUT2D eigenvalue weighted by Crippen LogP contribution is 2.43. The number of anilines is 8. The normalized spacial score (nSPS) is 13.1. The van der Waals surface area contributed by atoms with Crippen molar-refractivity contribution in [3.63, 3.8) is 0 Å². The van der Waals surface area contributed by atoms with Crippen LogP contribution in [0, 0.1) is 0 Å². The fourth-order valence-electron chi connectivity index (χ4n) is 10.1. The predicted molar refractivity (Wildman–Crippen MR) is 319 cm³/mol. The second-order valence-electron chi connectivity index (χ2n) is 18.7. The minimum Gasteiger partial charge on any atom is -0.317 e. The predicted octanol–water partition coefficient (Wildman–Crippen LogP) is 20.1. The van der Waals surface area contributed by atoms with Gasteiger partial charge in [0.15, 0.2) is 0 Å². The van der Waals surface area contributed by atoms with Crippen molar-refractivity contribution in [1.29, 1.82) is 0 Å². The maximum absolute atomic E-state index is 4.78. The molecule has 0 N–H and O–H groups in total. The molecule has 1 aliphatic rings. The highest BCUT2D eigenvalue weighted by Gasteiger charge is 2.20. The highest BCUT2D eigenvalue weighted by molar-refractivity contribution is 5.95. The summed E-state index contributed by atoms with van der Waals surface area (Å²) in [5.74, 6) is 0. The molecule has 1 heterocycles. The van der Waals surface area contributed by atoms with Gasteiger partial charge >= 0.3 is 0 Å². The Morgan fingerprint density at radius 2 is 0.587 bits per heavy atom. The minimum absolute atomic E-state index is 0.927. The van der Waals surface area contributed by atoms with E-state index in [1.165, 1.54) is 33.4 Å². The lowest BCUT2D eigenvalue weighted by Crippen LogP contribution is -2.12. The van der Waals surface area contributed by atoms with Gasteiger partial charge in [-0.1, -0.05) is 201 Å². The van der Waals surface area contributed by atoms with E-state index < -0.39 is 0 Å². The largest absolute Gasteiger partial charge is 0.317 e. The summed E-state index contributed by atoms with van der Waals surface area (Å²) in [5, 5.41) is 0. The van der Waals surface area contributed by atoms with Crippen molar-refractivity contribution in [2.75, 3.05) is 14.7 Å². The van der Waals surface area contributed by atoms with E-state index in [2.05, 4.69) is 324 Å². The Kier molecular flexibility index (Phi) is 12.9. The summed E-state index contributed by atoms with van der Waals surface area (Å²) in [6, 6.07) is 104. The van der Waals surface area contributed by atoms with Gasteiger partial charge in [0.1, 0.15) is 0 Å². The van der Waals surface area contributed by atoms with Crippen LogP contribution in [0.2, 0.25) is 0 Å². The summed E-state index contributed by atoms with van der Waals surface area (Å²) in [6.07, 6.45) is 6.64. The lowest BCUT2D eigenvalue weighted by atomic mass is 9.93. The molecular formula is C72H53N3. The first kappa shape index (κ1) is 46.1. The number of hydrogen-bond acceptors (Lipinski definition) is 3. The van der Waals surface area contributed by atoms with Gasteiger partial charge in [0.25, 0.3) is 0 Å². The smallest absolute Gasteiger partial charge is 0.0534 e. The molecule has 75 heavy (non-hydrogen) atoms. The zero-order valence-corrected chi connectivity index (χ0v) is 41.5. The maximum atomic E-state index is 4.78. The number of nitrogens with zero attached hydrogens (tertiary/aromatic N) is 3. The monoisotopic (exact) mass is 959 g/mol. The van der Waals surface area contributed by atoms with E-state index in [-0.39, 0.29) is 0 Å². The number of rotatable bonds is 12. The third kappa shape index (κ3) is 9.87. The van der Waals surface area contributed by atoms with Crippen molar-refractivity contribution >= 4 is 56.6 Å². The molecule has 0 spiro atoms. The third-order valence-corrected chi connectivity index (χ3v) is 14.0. The number of hydrogen-bond donors (Lipinski definition) is 0. The minimum atomic E-state index is 0.927. The molecule has 0 aliphatic carbocycles. The molecule has 0 amide bonds. The van der Waals surface area contributed by atoms with Crippen LogP contribution in [0.25, 0.3) is 55.7 Å². The van der Waals surface area contributed by atoms with Gasteiger partial charge in [0, 0.05) is 51.6 Å². The van der Waals surface area contributed by atoms with Crippen LogP contribution in [-0.2, 0) is 0 Å². The molecule has 11 aromatic carbocycles. The summed E-state index contributed by atoms with van der Waals surface area (Å²) in [5.41, 5.74) is 22.1. The molecule has 3 nitrogen and oxygen atoms in total. The van der Waals surface area contributed by atoms with Gasteiger partial charge in [0.2, 0.25) is 0 Å². The van der Waals surface area contributed by atoms with E-state index >= 15 is 0 Å². The molecule has 0 unspecified atom stereocenters. The molecule has 0 aromatic heterocycles. The summed E-state index contributed by atoms with van der Waals surface area (Å²) in [6.45, 7) is 4.78. The molecule has 0 atom stereocenters. The first-order valence-corrected chi connectivity index (χ1v) is 25.5. The first-order chi connectivity index (χ1) is 37.1. The van der Waals surface area contributed by atoms with Crippen LogP contribution in [0.5, 0.6) is 0 Å². The van der Waals surface area contributed by atoms with Crippen LogP contribution in [-0.4, -0.2) is 0 Å². The fourth-order valence-corrected chi connectivity index (χ4v) is 10.1. The molecule has 0 radical (unpaired) electrons. The van der Waals surface area contributed by atoms with E-state index in [0.717, 1.165) is 78.9 Å². The van der Waals surface area contributed by atoms with Gasteiger partial charge < -0.3 is 14.7 Å². The summed E-state index contributed by atoms with van der Waals surface area (Å²) in [7, 11) is 0. The van der Waals surface area contributed by atoms with Crippen LogP contribution in [0.1, 0.15) is 11.1 Å². The molecule has 0 fully saturated rings. The SMILES string of the molecule is C=C1/C=C(c2ccc(N(c3ccccc3)c3ccc(-c4ccccc4)cc3)cc2)\C=C/N(c2ccc(-c3ccccc3)cc2)c2ccc(-c3ccc(N(c4ccccc4)c4ccc(-c5ccccc5)cc4)cc3)cc21. The van der Waals surface area contributed by atoms with E-state index in [0.29, 0.717) is 0 Å². The van der Waals surface area contributed by atoms with Crippen molar-refractivity contribution in [3.05, 3.63) is 327 Å². The summed E-state index contributed by atoms with van der Waals surface area (Å²) < 4.78 is 0. The second kappa shape index (κ2) is 21.0. The van der Waals surface area contributed by atoms with Gasteiger partial charge in [-0.25, -0.2) is 0 Å². The van der Waals surface area contributed by atoms with Gasteiger partial charge in [0.05, 0.1) is 5.69 Å². The van der Waals surface area contributed by atoms with Crippen LogP contribution in [0.15, 0.2) is 316 Å². The molecule has 356 valence electrons. The van der Waals surface area contributed by atoms with E-state index in [9.17, 15) is 0 Å². The average Bonchev–Trinajstić information content (AvgIpc) is 3.49. The van der Waals surface area contributed by atoms with Crippen LogP contribution >= 0.6 is 0 Å². The Labute approximate surface area is 440 Å². The summed E-state index contributed by atoms with van der Waals surface area (Å²) >= 11 is 0. The Hall–Kier alpha value is -9.96.